The number of nitrogens with one attached hydrogen (secondary N) is 1. The summed E-state index contributed by atoms with van der Waals surface area (Å²) < 4.78 is 11.8. The Bertz CT molecular complexity index is 1200. The number of carbonyl (C=O) groups is 1. The lowest BCUT2D eigenvalue weighted by Crippen LogP contribution is -2.20. The number of nitrogens with zero attached hydrogens (tertiary/aromatic N) is 1. The number of nitriles is 1. The van der Waals surface area contributed by atoms with Crippen molar-refractivity contribution in [3.8, 4) is 17.6 Å². The van der Waals surface area contributed by atoms with Crippen LogP contribution in [0.3, 0.4) is 0 Å². The van der Waals surface area contributed by atoms with Gasteiger partial charge in [-0.25, -0.2) is 0 Å². The molecule has 0 aliphatic heterocycles. The lowest BCUT2D eigenvalue weighted by atomic mass is 10.0. The van der Waals surface area contributed by atoms with Gasteiger partial charge in [0.15, 0.2) is 6.61 Å². The van der Waals surface area contributed by atoms with Gasteiger partial charge < -0.3 is 14.8 Å². The molecule has 3 rings (SSSR count). The van der Waals surface area contributed by atoms with Crippen LogP contribution in [0.15, 0.2) is 65.1 Å². The molecule has 0 aliphatic rings. The number of rotatable bonds is 7. The van der Waals surface area contributed by atoms with Crippen LogP contribution in [-0.2, 0) is 4.79 Å². The minimum Gasteiger partial charge on any atom is -0.497 e. The number of amides is 1. The fraction of sp³-hybridized carbons (Fsp3) is 0.120. The van der Waals surface area contributed by atoms with Gasteiger partial charge in [0.25, 0.3) is 5.91 Å². The first-order valence-corrected chi connectivity index (χ1v) is 10.8. The first-order chi connectivity index (χ1) is 15.4. The zero-order valence-electron chi connectivity index (χ0n) is 17.5. The molecule has 3 aromatic carbocycles. The Hall–Kier alpha value is -3.27. The molecular weight excluding hydrogens is 492 g/mol. The Kier molecular flexibility index (Phi) is 7.93. The first kappa shape index (κ1) is 23.4. The summed E-state index contributed by atoms with van der Waals surface area (Å²) in [4.78, 5) is 12.4. The van der Waals surface area contributed by atoms with Crippen LogP contribution in [-0.4, -0.2) is 19.6 Å². The number of halogens is 2. The minimum absolute atomic E-state index is 0.196. The molecule has 162 valence electrons. The van der Waals surface area contributed by atoms with Crippen LogP contribution >= 0.6 is 27.5 Å². The molecule has 0 radical (unpaired) electrons. The molecule has 0 aliphatic carbocycles. The maximum atomic E-state index is 12.4. The Morgan fingerprint density at radius 1 is 1.16 bits per heavy atom. The van der Waals surface area contributed by atoms with E-state index >= 15 is 0 Å². The van der Waals surface area contributed by atoms with Crippen molar-refractivity contribution >= 4 is 50.8 Å². The second-order valence-electron chi connectivity index (χ2n) is 6.88. The predicted molar refractivity (Wildman–Crippen MR) is 131 cm³/mol. The zero-order valence-corrected chi connectivity index (χ0v) is 19.8. The lowest BCUT2D eigenvalue weighted by molar-refractivity contribution is -0.118. The van der Waals surface area contributed by atoms with Crippen molar-refractivity contribution in [2.75, 3.05) is 19.0 Å². The largest absolute Gasteiger partial charge is 0.497 e. The number of anilines is 1. The maximum Gasteiger partial charge on any atom is 0.262 e. The topological polar surface area (TPSA) is 71.3 Å². The van der Waals surface area contributed by atoms with E-state index in [1.54, 1.807) is 43.5 Å². The van der Waals surface area contributed by atoms with Crippen molar-refractivity contribution in [1.29, 1.82) is 5.26 Å². The van der Waals surface area contributed by atoms with Crippen molar-refractivity contribution in [2.45, 2.75) is 6.92 Å². The molecule has 0 spiro atoms. The third-order valence-electron chi connectivity index (χ3n) is 4.61. The number of carbonyl (C=O) groups excluding carboxylic acids is 1. The normalized spacial score (nSPS) is 10.9. The van der Waals surface area contributed by atoms with E-state index in [0.717, 1.165) is 15.6 Å². The van der Waals surface area contributed by atoms with Gasteiger partial charge in [-0.1, -0.05) is 33.6 Å². The van der Waals surface area contributed by atoms with Crippen molar-refractivity contribution in [1.82, 2.24) is 0 Å². The number of benzene rings is 3. The molecule has 3 aromatic rings. The third kappa shape index (κ3) is 6.13. The van der Waals surface area contributed by atoms with E-state index in [-0.39, 0.29) is 12.5 Å². The predicted octanol–water partition coefficient (Wildman–Crippen LogP) is 6.50. The highest BCUT2D eigenvalue weighted by atomic mass is 79.9. The highest BCUT2D eigenvalue weighted by Gasteiger charge is 2.10. The molecule has 0 saturated heterocycles. The minimum atomic E-state index is -0.321. The quantitative estimate of drug-likeness (QED) is 0.290. The van der Waals surface area contributed by atoms with E-state index in [2.05, 4.69) is 27.3 Å². The lowest BCUT2D eigenvalue weighted by Gasteiger charge is -2.11. The van der Waals surface area contributed by atoms with Gasteiger partial charge in [-0.3, -0.25) is 4.79 Å². The van der Waals surface area contributed by atoms with Crippen LogP contribution in [0.1, 0.15) is 16.7 Å². The van der Waals surface area contributed by atoms with Crippen LogP contribution < -0.4 is 14.8 Å². The van der Waals surface area contributed by atoms with Crippen LogP contribution in [0.5, 0.6) is 11.5 Å². The van der Waals surface area contributed by atoms with Crippen LogP contribution in [0, 0.1) is 18.3 Å². The molecule has 0 atom stereocenters. The van der Waals surface area contributed by atoms with E-state index in [1.807, 2.05) is 37.3 Å². The average molecular weight is 512 g/mol. The summed E-state index contributed by atoms with van der Waals surface area (Å²) in [5, 5.41) is 13.0. The summed E-state index contributed by atoms with van der Waals surface area (Å²) in [6, 6.07) is 20.1. The highest BCUT2D eigenvalue weighted by Crippen LogP contribution is 2.28. The monoisotopic (exact) mass is 510 g/mol. The SMILES string of the molecule is COc1ccc(/C(C#N)=C/c2cc(Br)ccc2OCC(=O)Nc2ccc(C)c(Cl)c2)cc1. The van der Waals surface area contributed by atoms with Gasteiger partial charge in [0, 0.05) is 20.7 Å². The molecule has 1 amide bonds. The van der Waals surface area contributed by atoms with Gasteiger partial charge in [0.05, 0.1) is 18.8 Å². The van der Waals surface area contributed by atoms with Crippen LogP contribution in [0.2, 0.25) is 5.02 Å². The van der Waals surface area contributed by atoms with Crippen molar-refractivity contribution in [3.63, 3.8) is 0 Å². The van der Waals surface area contributed by atoms with E-state index in [4.69, 9.17) is 21.1 Å². The summed E-state index contributed by atoms with van der Waals surface area (Å²) in [6.07, 6.45) is 1.72. The fourth-order valence-corrected chi connectivity index (χ4v) is 3.44. The second kappa shape index (κ2) is 10.9. The smallest absolute Gasteiger partial charge is 0.262 e. The molecular formula is C25H20BrClN2O3. The van der Waals surface area contributed by atoms with E-state index in [9.17, 15) is 10.1 Å². The number of aryl methyl sites for hydroxylation is 1. The Morgan fingerprint density at radius 3 is 2.56 bits per heavy atom. The van der Waals surface area contributed by atoms with Crippen LogP contribution in [0.25, 0.3) is 11.6 Å². The molecule has 0 fully saturated rings. The molecule has 1 N–H and O–H groups in total. The fourth-order valence-electron chi connectivity index (χ4n) is 2.88. The molecule has 5 nitrogen and oxygen atoms in total. The van der Waals surface area contributed by atoms with Gasteiger partial charge in [0.1, 0.15) is 11.5 Å². The number of ether oxygens (including phenoxy) is 2. The Labute approximate surface area is 200 Å². The van der Waals surface area contributed by atoms with Crippen molar-refractivity contribution < 1.29 is 14.3 Å². The Morgan fingerprint density at radius 2 is 1.91 bits per heavy atom. The Balaban J connectivity index is 1.77. The highest BCUT2D eigenvalue weighted by molar-refractivity contribution is 9.10. The van der Waals surface area contributed by atoms with E-state index < -0.39 is 0 Å². The van der Waals surface area contributed by atoms with Gasteiger partial charge in [0.2, 0.25) is 0 Å². The number of methoxy groups -OCH3 is 1. The second-order valence-corrected chi connectivity index (χ2v) is 8.20. The molecule has 0 saturated carbocycles. The summed E-state index contributed by atoms with van der Waals surface area (Å²) in [7, 11) is 1.59. The number of hydrogen-bond donors (Lipinski definition) is 1. The zero-order chi connectivity index (χ0) is 23.1. The first-order valence-electron chi connectivity index (χ1n) is 9.64. The molecule has 0 unspecified atom stereocenters. The molecule has 0 aromatic heterocycles. The number of hydrogen-bond acceptors (Lipinski definition) is 4. The summed E-state index contributed by atoms with van der Waals surface area (Å²) >= 11 is 9.55. The molecule has 7 heteroatoms. The van der Waals surface area contributed by atoms with Crippen molar-refractivity contribution in [2.24, 2.45) is 0 Å². The van der Waals surface area contributed by atoms with Gasteiger partial charge >= 0.3 is 0 Å². The molecule has 32 heavy (non-hydrogen) atoms. The van der Waals surface area contributed by atoms with Crippen molar-refractivity contribution in [3.05, 3.63) is 86.8 Å². The molecule has 0 heterocycles. The number of allylic oxidation sites excluding steroid dienone is 1. The standard InChI is InChI=1S/C25H20BrClN2O3/c1-16-3-7-21(13-23(16)27)29-25(30)15-32-24-10-6-20(26)12-18(24)11-19(14-28)17-4-8-22(31-2)9-5-17/h3-13H,15H2,1-2H3,(H,29,30)/b19-11+. The summed E-state index contributed by atoms with van der Waals surface area (Å²) in [5.74, 6) is 0.864. The van der Waals surface area contributed by atoms with E-state index in [1.165, 1.54) is 0 Å². The summed E-state index contributed by atoms with van der Waals surface area (Å²) in [6.45, 7) is 1.69. The third-order valence-corrected chi connectivity index (χ3v) is 5.51. The van der Waals surface area contributed by atoms with Gasteiger partial charge in [-0.2, -0.15) is 5.26 Å². The maximum absolute atomic E-state index is 12.4. The van der Waals surface area contributed by atoms with E-state index in [0.29, 0.717) is 33.3 Å². The average Bonchev–Trinajstić information content (AvgIpc) is 2.79. The summed E-state index contributed by atoms with van der Waals surface area (Å²) in [5.41, 5.74) is 3.38. The van der Waals surface area contributed by atoms with Gasteiger partial charge in [-0.05, 0) is 78.7 Å². The molecule has 0 bridgehead atoms. The van der Waals surface area contributed by atoms with Crippen LogP contribution in [0.4, 0.5) is 5.69 Å². The van der Waals surface area contributed by atoms with Gasteiger partial charge in [-0.15, -0.1) is 0 Å².